The van der Waals surface area contributed by atoms with E-state index in [-0.39, 0.29) is 11.6 Å². The minimum Gasteiger partial charge on any atom is -0.368 e. The molecule has 0 aliphatic carbocycles. The Labute approximate surface area is 108 Å². The van der Waals surface area contributed by atoms with E-state index in [1.807, 2.05) is 6.92 Å². The van der Waals surface area contributed by atoms with E-state index >= 15 is 0 Å². The molecule has 0 atom stereocenters. The molecule has 0 saturated carbocycles. The molecule has 4 nitrogen and oxygen atoms in total. The number of halogens is 3. The molecule has 1 N–H and O–H groups in total. The third-order valence-corrected chi connectivity index (χ3v) is 2.42. The fourth-order valence-corrected chi connectivity index (χ4v) is 1.54. The van der Waals surface area contributed by atoms with Gasteiger partial charge in [0.1, 0.15) is 0 Å². The number of rotatable bonds is 4. The molecule has 0 aromatic carbocycles. The van der Waals surface area contributed by atoms with Crippen molar-refractivity contribution in [2.45, 2.75) is 13.3 Å². The van der Waals surface area contributed by atoms with Crippen LogP contribution in [0, 0.1) is 11.6 Å². The minimum atomic E-state index is -0.797. The molecule has 96 valence electrons. The number of anilines is 1. The van der Waals surface area contributed by atoms with Crippen molar-refractivity contribution in [3.63, 3.8) is 0 Å². The molecule has 7 heteroatoms. The lowest BCUT2D eigenvalue weighted by atomic mass is 10.4. The van der Waals surface area contributed by atoms with Crippen LogP contribution in [0.4, 0.5) is 14.6 Å². The number of pyridine rings is 1. The van der Waals surface area contributed by atoms with E-state index < -0.39 is 11.6 Å². The van der Waals surface area contributed by atoms with Crippen molar-refractivity contribution < 1.29 is 8.78 Å². The molecule has 0 saturated heterocycles. The second-order valence-corrected chi connectivity index (χ2v) is 4.09. The highest BCUT2D eigenvalue weighted by molar-refractivity contribution is 6.30. The summed E-state index contributed by atoms with van der Waals surface area (Å²) in [5.41, 5.74) is 0. The van der Waals surface area contributed by atoms with E-state index in [0.717, 1.165) is 17.2 Å². The SMILES string of the molecule is CCCNc1nc(-n2cc(Cl)cn2)c(F)cc1F. The van der Waals surface area contributed by atoms with Crippen LogP contribution in [0.15, 0.2) is 18.5 Å². The summed E-state index contributed by atoms with van der Waals surface area (Å²) in [6.45, 7) is 2.48. The number of hydrogen-bond acceptors (Lipinski definition) is 3. The summed E-state index contributed by atoms with van der Waals surface area (Å²) in [5.74, 6) is -1.63. The Kier molecular flexibility index (Phi) is 3.76. The summed E-state index contributed by atoms with van der Waals surface area (Å²) >= 11 is 5.69. The van der Waals surface area contributed by atoms with Crippen LogP contribution >= 0.6 is 11.6 Å². The molecular formula is C11H11ClF2N4. The van der Waals surface area contributed by atoms with Crippen molar-refractivity contribution in [3.8, 4) is 5.82 Å². The van der Waals surface area contributed by atoms with Gasteiger partial charge in [-0.3, -0.25) is 0 Å². The molecule has 18 heavy (non-hydrogen) atoms. The van der Waals surface area contributed by atoms with E-state index in [0.29, 0.717) is 11.6 Å². The zero-order valence-corrected chi connectivity index (χ0v) is 10.4. The third kappa shape index (κ3) is 2.59. The van der Waals surface area contributed by atoms with Gasteiger partial charge in [-0.2, -0.15) is 5.10 Å². The highest BCUT2D eigenvalue weighted by Gasteiger charge is 2.13. The van der Waals surface area contributed by atoms with Crippen LogP contribution in [0.5, 0.6) is 0 Å². The van der Waals surface area contributed by atoms with Gasteiger partial charge >= 0.3 is 0 Å². The van der Waals surface area contributed by atoms with E-state index in [2.05, 4.69) is 15.4 Å². The van der Waals surface area contributed by atoms with Crippen LogP contribution in [0.25, 0.3) is 5.82 Å². The molecule has 0 radical (unpaired) electrons. The number of nitrogens with one attached hydrogen (secondary N) is 1. The number of hydrogen-bond donors (Lipinski definition) is 1. The summed E-state index contributed by atoms with van der Waals surface area (Å²) in [7, 11) is 0. The van der Waals surface area contributed by atoms with Gasteiger partial charge in [0.2, 0.25) is 0 Å². The van der Waals surface area contributed by atoms with Gasteiger partial charge in [-0.1, -0.05) is 18.5 Å². The lowest BCUT2D eigenvalue weighted by Crippen LogP contribution is -2.09. The normalized spacial score (nSPS) is 10.7. The Morgan fingerprint density at radius 3 is 2.78 bits per heavy atom. The number of aromatic nitrogens is 3. The quantitative estimate of drug-likeness (QED) is 0.930. The van der Waals surface area contributed by atoms with Gasteiger partial charge in [-0.25, -0.2) is 18.4 Å². The van der Waals surface area contributed by atoms with Crippen molar-refractivity contribution in [2.24, 2.45) is 0 Å². The summed E-state index contributed by atoms with van der Waals surface area (Å²) in [5, 5.41) is 6.96. The second-order valence-electron chi connectivity index (χ2n) is 3.65. The van der Waals surface area contributed by atoms with Crippen molar-refractivity contribution >= 4 is 17.4 Å². The van der Waals surface area contributed by atoms with Crippen LogP contribution in [0.1, 0.15) is 13.3 Å². The molecule has 0 unspecified atom stereocenters. The number of nitrogens with zero attached hydrogens (tertiary/aromatic N) is 3. The van der Waals surface area contributed by atoms with Gasteiger partial charge in [0.05, 0.1) is 17.4 Å². The minimum absolute atomic E-state index is 0.000118. The maximum absolute atomic E-state index is 13.6. The monoisotopic (exact) mass is 272 g/mol. The predicted molar refractivity (Wildman–Crippen MR) is 65.1 cm³/mol. The van der Waals surface area contributed by atoms with Crippen molar-refractivity contribution in [1.29, 1.82) is 0 Å². The Hall–Kier alpha value is -1.69. The predicted octanol–water partition coefficient (Wildman–Crippen LogP) is 3.02. The molecular weight excluding hydrogens is 262 g/mol. The largest absolute Gasteiger partial charge is 0.368 e. The van der Waals surface area contributed by atoms with Crippen LogP contribution in [-0.4, -0.2) is 21.3 Å². The average Bonchev–Trinajstić information content (AvgIpc) is 2.74. The van der Waals surface area contributed by atoms with E-state index in [9.17, 15) is 8.78 Å². The maximum Gasteiger partial charge on any atom is 0.191 e. The Bertz CT molecular complexity index is 556. The fourth-order valence-electron chi connectivity index (χ4n) is 1.40. The first-order valence-corrected chi connectivity index (χ1v) is 5.80. The molecule has 0 spiro atoms. The summed E-state index contributed by atoms with van der Waals surface area (Å²) in [6.07, 6.45) is 3.56. The topological polar surface area (TPSA) is 42.7 Å². The summed E-state index contributed by atoms with van der Waals surface area (Å²) < 4.78 is 28.2. The van der Waals surface area contributed by atoms with Crippen molar-refractivity contribution in [2.75, 3.05) is 11.9 Å². The summed E-state index contributed by atoms with van der Waals surface area (Å²) in [6, 6.07) is 0.774. The highest BCUT2D eigenvalue weighted by Crippen LogP contribution is 2.19. The molecule has 0 fully saturated rings. The van der Waals surface area contributed by atoms with Gasteiger partial charge in [-0.05, 0) is 6.42 Å². The van der Waals surface area contributed by atoms with Crippen molar-refractivity contribution in [1.82, 2.24) is 14.8 Å². The van der Waals surface area contributed by atoms with Crippen molar-refractivity contribution in [3.05, 3.63) is 35.1 Å². The zero-order valence-electron chi connectivity index (χ0n) is 9.62. The Morgan fingerprint density at radius 2 is 2.17 bits per heavy atom. The lowest BCUT2D eigenvalue weighted by Gasteiger charge is -2.08. The maximum atomic E-state index is 13.6. The molecule has 0 amide bonds. The smallest absolute Gasteiger partial charge is 0.191 e. The Morgan fingerprint density at radius 1 is 1.39 bits per heavy atom. The molecule has 2 aromatic heterocycles. The van der Waals surface area contributed by atoms with E-state index in [1.165, 1.54) is 12.4 Å². The van der Waals surface area contributed by atoms with Crippen LogP contribution in [0.3, 0.4) is 0 Å². The summed E-state index contributed by atoms with van der Waals surface area (Å²) in [4.78, 5) is 3.87. The Balaban J connectivity index is 2.41. The zero-order chi connectivity index (χ0) is 13.1. The molecule has 0 aliphatic heterocycles. The van der Waals surface area contributed by atoms with Gasteiger partial charge in [0.25, 0.3) is 0 Å². The van der Waals surface area contributed by atoms with Crippen LogP contribution in [0.2, 0.25) is 5.02 Å². The van der Waals surface area contributed by atoms with Gasteiger partial charge in [0.15, 0.2) is 23.3 Å². The van der Waals surface area contributed by atoms with Gasteiger partial charge in [-0.15, -0.1) is 0 Å². The first-order chi connectivity index (χ1) is 8.61. The van der Waals surface area contributed by atoms with Crippen LogP contribution < -0.4 is 5.32 Å². The van der Waals surface area contributed by atoms with E-state index in [1.54, 1.807) is 0 Å². The first-order valence-electron chi connectivity index (χ1n) is 5.42. The molecule has 0 aliphatic rings. The molecule has 2 heterocycles. The second kappa shape index (κ2) is 5.30. The van der Waals surface area contributed by atoms with Crippen LogP contribution in [-0.2, 0) is 0 Å². The van der Waals surface area contributed by atoms with Gasteiger partial charge < -0.3 is 5.32 Å². The van der Waals surface area contributed by atoms with Gasteiger partial charge in [0, 0.05) is 12.6 Å². The molecule has 2 rings (SSSR count). The lowest BCUT2D eigenvalue weighted by molar-refractivity contribution is 0.562. The third-order valence-electron chi connectivity index (χ3n) is 2.22. The average molecular weight is 273 g/mol. The van der Waals surface area contributed by atoms with E-state index in [4.69, 9.17) is 11.6 Å². The fraction of sp³-hybridized carbons (Fsp3) is 0.273. The molecule has 0 bridgehead atoms. The standard InChI is InChI=1S/C11H11ClF2N4/c1-2-3-15-10-8(13)4-9(14)11(17-10)18-6-7(12)5-16-18/h4-6H,2-3H2,1H3,(H,15,17). The first kappa shape index (κ1) is 12.8. The molecule has 2 aromatic rings. The highest BCUT2D eigenvalue weighted by atomic mass is 35.5.